The van der Waals surface area contributed by atoms with Crippen molar-refractivity contribution in [3.05, 3.63) is 108 Å². The van der Waals surface area contributed by atoms with Crippen molar-refractivity contribution in [2.45, 2.75) is 98.4 Å². The SMILES string of the molecule is CCCCN(CCCC)c1ccc(C=CC2=NN(c3cc(C)c4ccccc4n3)C(C=Cc3ccc(N(CCCC)CCCC)cc3)C2)cc1. The fourth-order valence-corrected chi connectivity index (χ4v) is 6.62. The van der Waals surface area contributed by atoms with E-state index in [1.165, 1.54) is 84.8 Å². The molecule has 0 amide bonds. The highest BCUT2D eigenvalue weighted by molar-refractivity contribution is 6.01. The summed E-state index contributed by atoms with van der Waals surface area (Å²) in [5.41, 5.74) is 8.31. The van der Waals surface area contributed by atoms with Crippen LogP contribution in [0.3, 0.4) is 0 Å². The van der Waals surface area contributed by atoms with Crippen molar-refractivity contribution in [2.24, 2.45) is 5.10 Å². The second-order valence-corrected chi connectivity index (χ2v) is 13.8. The molecule has 0 bridgehead atoms. The molecule has 1 atom stereocenters. The molecule has 264 valence electrons. The average molecular weight is 670 g/mol. The average Bonchev–Trinajstić information content (AvgIpc) is 3.57. The van der Waals surface area contributed by atoms with Crippen molar-refractivity contribution in [3.63, 3.8) is 0 Å². The first kappa shape index (κ1) is 36.9. The lowest BCUT2D eigenvalue weighted by Gasteiger charge is -2.25. The van der Waals surface area contributed by atoms with E-state index >= 15 is 0 Å². The highest BCUT2D eigenvalue weighted by Crippen LogP contribution is 2.29. The van der Waals surface area contributed by atoms with Crippen LogP contribution >= 0.6 is 0 Å². The molecule has 0 saturated heterocycles. The molecule has 50 heavy (non-hydrogen) atoms. The Morgan fingerprint density at radius 1 is 0.660 bits per heavy atom. The fraction of sp³-hybridized carbons (Fsp3) is 0.422. The number of benzene rings is 3. The lowest BCUT2D eigenvalue weighted by molar-refractivity contribution is 0.678. The molecular weight excluding hydrogens is 611 g/mol. The Labute approximate surface area is 302 Å². The van der Waals surface area contributed by atoms with Gasteiger partial charge >= 0.3 is 0 Å². The third-order valence-corrected chi connectivity index (χ3v) is 9.73. The first-order valence-electron chi connectivity index (χ1n) is 19.3. The predicted octanol–water partition coefficient (Wildman–Crippen LogP) is 11.7. The number of hydrazone groups is 1. The molecule has 0 N–H and O–H groups in total. The molecule has 0 aliphatic carbocycles. The minimum absolute atomic E-state index is 0.0704. The maximum atomic E-state index is 5.16. The molecule has 1 aliphatic heterocycles. The number of aromatic nitrogens is 1. The second-order valence-electron chi connectivity index (χ2n) is 13.8. The van der Waals surface area contributed by atoms with Crippen molar-refractivity contribution in [1.29, 1.82) is 0 Å². The summed E-state index contributed by atoms with van der Waals surface area (Å²) >= 11 is 0. The summed E-state index contributed by atoms with van der Waals surface area (Å²) in [7, 11) is 0. The summed E-state index contributed by atoms with van der Waals surface area (Å²) in [5.74, 6) is 0.890. The van der Waals surface area contributed by atoms with Crippen molar-refractivity contribution >= 4 is 46.0 Å². The number of allylic oxidation sites excluding steroid dienone is 1. The van der Waals surface area contributed by atoms with Gasteiger partial charge in [0.05, 0.1) is 17.3 Å². The van der Waals surface area contributed by atoms with Gasteiger partial charge in [-0.15, -0.1) is 0 Å². The highest BCUT2D eigenvalue weighted by atomic mass is 15.5. The van der Waals surface area contributed by atoms with Gasteiger partial charge in [0.2, 0.25) is 0 Å². The number of unbranched alkanes of at least 4 members (excludes halogenated alkanes) is 4. The number of hydrogen-bond acceptors (Lipinski definition) is 5. The molecule has 5 nitrogen and oxygen atoms in total. The lowest BCUT2D eigenvalue weighted by Crippen LogP contribution is -2.25. The molecule has 0 fully saturated rings. The predicted molar refractivity (Wildman–Crippen MR) is 220 cm³/mol. The van der Waals surface area contributed by atoms with Gasteiger partial charge in [-0.1, -0.05) is 114 Å². The summed E-state index contributed by atoms with van der Waals surface area (Å²) < 4.78 is 0. The quantitative estimate of drug-likeness (QED) is 0.0995. The van der Waals surface area contributed by atoms with Crippen LogP contribution in [0, 0.1) is 6.92 Å². The molecule has 1 aromatic heterocycles. The van der Waals surface area contributed by atoms with Gasteiger partial charge in [-0.25, -0.2) is 9.99 Å². The van der Waals surface area contributed by atoms with E-state index in [0.29, 0.717) is 0 Å². The third kappa shape index (κ3) is 10.1. The van der Waals surface area contributed by atoms with Crippen LogP contribution in [-0.2, 0) is 0 Å². The Morgan fingerprint density at radius 3 is 1.72 bits per heavy atom. The van der Waals surface area contributed by atoms with Crippen molar-refractivity contribution in [1.82, 2.24) is 4.98 Å². The largest absolute Gasteiger partial charge is 0.372 e. The molecule has 1 unspecified atom stereocenters. The Hall–Kier alpha value is -4.38. The van der Waals surface area contributed by atoms with Crippen LogP contribution < -0.4 is 14.8 Å². The molecule has 0 radical (unpaired) electrons. The standard InChI is InChI=1S/C45H59N5/c1-6-10-30-48(31-11-7-2)40-25-19-37(20-26-40)18-24-39-35-42(50(47-39)45-34-36(5)43-16-14-15-17-44(43)46-45)29-23-38-21-27-41(28-22-38)49(32-12-8-3)33-13-9-4/h14-29,34,42H,6-13,30-33,35H2,1-5H3. The molecule has 3 aromatic carbocycles. The summed E-state index contributed by atoms with van der Waals surface area (Å²) in [6.45, 7) is 15.7. The molecule has 5 heteroatoms. The monoisotopic (exact) mass is 669 g/mol. The fourth-order valence-electron chi connectivity index (χ4n) is 6.62. The lowest BCUT2D eigenvalue weighted by atomic mass is 10.1. The zero-order chi connectivity index (χ0) is 35.1. The molecule has 1 aliphatic rings. The van der Waals surface area contributed by atoms with E-state index in [0.717, 1.165) is 49.6 Å². The molecule has 5 rings (SSSR count). The minimum atomic E-state index is 0.0704. The Kier molecular flexibility index (Phi) is 14.1. The van der Waals surface area contributed by atoms with Crippen LogP contribution in [-0.4, -0.2) is 42.9 Å². The Morgan fingerprint density at radius 2 is 1.18 bits per heavy atom. The second kappa shape index (κ2) is 19.1. The van der Waals surface area contributed by atoms with Crippen molar-refractivity contribution in [3.8, 4) is 0 Å². The van der Waals surface area contributed by atoms with E-state index in [2.05, 4.69) is 153 Å². The number of anilines is 3. The molecular formula is C45H59N5. The van der Waals surface area contributed by atoms with Crippen molar-refractivity contribution in [2.75, 3.05) is 41.0 Å². The van der Waals surface area contributed by atoms with Gasteiger partial charge in [-0.2, -0.15) is 5.10 Å². The van der Waals surface area contributed by atoms with Gasteiger partial charge in [-0.3, -0.25) is 0 Å². The summed E-state index contributed by atoms with van der Waals surface area (Å²) in [4.78, 5) is 10.2. The highest BCUT2D eigenvalue weighted by Gasteiger charge is 2.26. The van der Waals surface area contributed by atoms with E-state index in [1.807, 2.05) is 0 Å². The first-order valence-corrected chi connectivity index (χ1v) is 19.3. The van der Waals surface area contributed by atoms with E-state index in [-0.39, 0.29) is 6.04 Å². The van der Waals surface area contributed by atoms with Crippen LogP contribution in [0.25, 0.3) is 23.1 Å². The Bertz CT molecular complexity index is 1690. The minimum Gasteiger partial charge on any atom is -0.372 e. The number of nitrogens with zero attached hydrogens (tertiary/aromatic N) is 5. The topological polar surface area (TPSA) is 35.0 Å². The van der Waals surface area contributed by atoms with Gasteiger partial charge < -0.3 is 9.80 Å². The maximum Gasteiger partial charge on any atom is 0.150 e. The maximum absolute atomic E-state index is 5.16. The molecule has 0 saturated carbocycles. The van der Waals surface area contributed by atoms with E-state index in [4.69, 9.17) is 10.1 Å². The zero-order valence-electron chi connectivity index (χ0n) is 31.3. The van der Waals surface area contributed by atoms with Gasteiger partial charge in [0, 0.05) is 49.4 Å². The number of pyridine rings is 1. The van der Waals surface area contributed by atoms with E-state index in [9.17, 15) is 0 Å². The van der Waals surface area contributed by atoms with Crippen LogP contribution in [0.1, 0.15) is 102 Å². The van der Waals surface area contributed by atoms with Gasteiger partial charge in [-0.05, 0) is 91.8 Å². The number of rotatable bonds is 19. The molecule has 4 aromatic rings. The van der Waals surface area contributed by atoms with E-state index < -0.39 is 0 Å². The summed E-state index contributed by atoms with van der Waals surface area (Å²) in [6.07, 6.45) is 19.5. The van der Waals surface area contributed by atoms with Gasteiger partial charge in [0.15, 0.2) is 0 Å². The Balaban J connectivity index is 1.36. The zero-order valence-corrected chi connectivity index (χ0v) is 31.3. The van der Waals surface area contributed by atoms with Gasteiger partial charge in [0.1, 0.15) is 5.82 Å². The summed E-state index contributed by atoms with van der Waals surface area (Å²) in [5, 5.41) is 8.46. The number of fused-ring (bicyclic) bond motifs is 1. The normalized spacial score (nSPS) is 14.7. The van der Waals surface area contributed by atoms with Gasteiger partial charge in [0.25, 0.3) is 0 Å². The first-order chi connectivity index (χ1) is 24.5. The number of para-hydroxylation sites is 1. The van der Waals surface area contributed by atoms with Crippen LogP contribution in [0.15, 0.2) is 96.1 Å². The molecule has 2 heterocycles. The third-order valence-electron chi connectivity index (χ3n) is 9.73. The van der Waals surface area contributed by atoms with Crippen molar-refractivity contribution < 1.29 is 0 Å². The smallest absolute Gasteiger partial charge is 0.150 e. The van der Waals surface area contributed by atoms with Crippen LogP contribution in [0.2, 0.25) is 0 Å². The number of aryl methyl sites for hydroxylation is 1. The van der Waals surface area contributed by atoms with Crippen LogP contribution in [0.5, 0.6) is 0 Å². The summed E-state index contributed by atoms with van der Waals surface area (Å²) in [6, 6.07) is 28.8. The molecule has 0 spiro atoms. The van der Waals surface area contributed by atoms with Crippen LogP contribution in [0.4, 0.5) is 17.2 Å². The number of hydrogen-bond donors (Lipinski definition) is 0. The van der Waals surface area contributed by atoms with E-state index in [1.54, 1.807) is 0 Å².